The number of hydrogen-bond donors (Lipinski definition) is 1. The van der Waals surface area contributed by atoms with E-state index in [2.05, 4.69) is 9.97 Å². The second-order valence-corrected chi connectivity index (χ2v) is 9.01. The first-order valence-corrected chi connectivity index (χ1v) is 11.3. The van der Waals surface area contributed by atoms with Crippen molar-refractivity contribution >= 4 is 55.8 Å². The lowest BCUT2D eigenvalue weighted by Gasteiger charge is -2.38. The minimum Gasteiger partial charge on any atom is -0.361 e. The zero-order chi connectivity index (χ0) is 22.2. The number of H-pyrrole nitrogens is 1. The first-order valence-electron chi connectivity index (χ1n) is 11.3. The zero-order valence-corrected chi connectivity index (χ0v) is 17.8. The van der Waals surface area contributed by atoms with Gasteiger partial charge < -0.3 is 4.98 Å². The van der Waals surface area contributed by atoms with Gasteiger partial charge in [0.25, 0.3) is 0 Å². The van der Waals surface area contributed by atoms with Crippen LogP contribution in [0.3, 0.4) is 0 Å². The van der Waals surface area contributed by atoms with E-state index >= 15 is 0 Å². The molecule has 1 aliphatic heterocycles. The number of aromatic nitrogens is 3. The molecule has 33 heavy (non-hydrogen) atoms. The van der Waals surface area contributed by atoms with E-state index < -0.39 is 5.41 Å². The average molecular weight is 432 g/mol. The van der Waals surface area contributed by atoms with Gasteiger partial charge in [0.15, 0.2) is 5.78 Å². The standard InChI is InChI=1S/C27H20N4O2/c32-25-23-24(18-10-11-20-17(22(18)30-23)7-5-15-29-20)31(26(33)27(25)12-1-2-13-27)21-9-3-8-19-16(21)6-4-14-28-19/h3-11,14-15,29H,1-2,12-13H2. The van der Waals surface area contributed by atoms with E-state index in [4.69, 9.17) is 4.98 Å². The van der Waals surface area contributed by atoms with Crippen molar-refractivity contribution in [3.05, 3.63) is 72.7 Å². The van der Waals surface area contributed by atoms with Gasteiger partial charge in [0.1, 0.15) is 11.1 Å². The summed E-state index contributed by atoms with van der Waals surface area (Å²) >= 11 is 0. The Morgan fingerprint density at radius 2 is 1.73 bits per heavy atom. The summed E-state index contributed by atoms with van der Waals surface area (Å²) in [6, 6.07) is 17.5. The van der Waals surface area contributed by atoms with Crippen LogP contribution in [0.25, 0.3) is 32.7 Å². The van der Waals surface area contributed by atoms with Gasteiger partial charge in [-0.15, -0.1) is 0 Å². The molecule has 6 heteroatoms. The second-order valence-electron chi connectivity index (χ2n) is 9.01. The normalized spacial score (nSPS) is 17.5. The van der Waals surface area contributed by atoms with Crippen LogP contribution in [0.2, 0.25) is 0 Å². The van der Waals surface area contributed by atoms with Crippen molar-refractivity contribution in [2.24, 2.45) is 5.41 Å². The van der Waals surface area contributed by atoms with Crippen molar-refractivity contribution in [1.82, 2.24) is 15.0 Å². The zero-order valence-electron chi connectivity index (χ0n) is 17.8. The predicted octanol–water partition coefficient (Wildman–Crippen LogP) is 5.69. The molecule has 0 saturated heterocycles. The summed E-state index contributed by atoms with van der Waals surface area (Å²) in [4.78, 5) is 42.5. The number of nitrogens with one attached hydrogen (secondary N) is 1. The SMILES string of the molecule is O=C1c2nc3c(ccc4[nH]cccc43)c2N(c2cccc3ncccc23)C(=O)C12CCCC2. The number of fused-ring (bicyclic) bond motifs is 6. The molecule has 1 aliphatic carbocycles. The maximum absolute atomic E-state index is 14.2. The molecule has 160 valence electrons. The van der Waals surface area contributed by atoms with Crippen molar-refractivity contribution < 1.29 is 9.59 Å². The smallest absolute Gasteiger partial charge is 0.245 e. The van der Waals surface area contributed by atoms with Crippen LogP contribution in [-0.2, 0) is 4.79 Å². The predicted molar refractivity (Wildman–Crippen MR) is 128 cm³/mol. The van der Waals surface area contributed by atoms with Crippen LogP contribution in [0, 0.1) is 5.41 Å². The number of aromatic amines is 1. The largest absolute Gasteiger partial charge is 0.361 e. The Labute approximate surface area is 189 Å². The molecular weight excluding hydrogens is 412 g/mol. The lowest BCUT2D eigenvalue weighted by Crippen LogP contribution is -2.49. The number of hydrogen-bond acceptors (Lipinski definition) is 4. The van der Waals surface area contributed by atoms with Gasteiger partial charge in [0.05, 0.1) is 22.4 Å². The van der Waals surface area contributed by atoms with E-state index in [1.54, 1.807) is 11.1 Å². The van der Waals surface area contributed by atoms with Gasteiger partial charge in [-0.1, -0.05) is 18.9 Å². The van der Waals surface area contributed by atoms with Crippen LogP contribution >= 0.6 is 0 Å². The quantitative estimate of drug-likeness (QED) is 0.345. The lowest BCUT2D eigenvalue weighted by atomic mass is 9.75. The number of carbonyl (C=O) groups excluding carboxylic acids is 2. The molecule has 0 atom stereocenters. The molecule has 0 radical (unpaired) electrons. The number of rotatable bonds is 1. The van der Waals surface area contributed by atoms with E-state index in [1.165, 1.54) is 0 Å². The molecule has 4 heterocycles. The molecule has 1 N–H and O–H groups in total. The maximum atomic E-state index is 14.2. The molecule has 6 nitrogen and oxygen atoms in total. The molecule has 5 aromatic rings. The fraction of sp³-hybridized carbons (Fsp3) is 0.185. The summed E-state index contributed by atoms with van der Waals surface area (Å²) in [6.07, 6.45) is 6.50. The van der Waals surface area contributed by atoms with Gasteiger partial charge in [0.2, 0.25) is 5.91 Å². The van der Waals surface area contributed by atoms with Crippen molar-refractivity contribution in [1.29, 1.82) is 0 Å². The second kappa shape index (κ2) is 6.48. The summed E-state index contributed by atoms with van der Waals surface area (Å²) in [5.41, 5.74) is 3.22. The highest BCUT2D eigenvalue weighted by Crippen LogP contribution is 2.53. The van der Waals surface area contributed by atoms with Crippen LogP contribution in [0.15, 0.2) is 67.0 Å². The molecule has 1 saturated carbocycles. The first kappa shape index (κ1) is 18.5. The molecule has 2 aromatic carbocycles. The van der Waals surface area contributed by atoms with E-state index in [0.717, 1.165) is 51.2 Å². The number of Topliss-reactive ketones (excluding diaryl/α,β-unsaturated/α-hetero) is 1. The van der Waals surface area contributed by atoms with Crippen LogP contribution in [0.4, 0.5) is 11.4 Å². The van der Waals surface area contributed by atoms with E-state index in [0.29, 0.717) is 24.2 Å². The van der Waals surface area contributed by atoms with Crippen molar-refractivity contribution in [2.45, 2.75) is 25.7 Å². The number of nitrogens with zero attached hydrogens (tertiary/aromatic N) is 3. The van der Waals surface area contributed by atoms with Crippen molar-refractivity contribution in [3.8, 4) is 0 Å². The van der Waals surface area contributed by atoms with E-state index in [-0.39, 0.29) is 11.7 Å². The van der Waals surface area contributed by atoms with Crippen LogP contribution < -0.4 is 4.90 Å². The number of anilines is 2. The van der Waals surface area contributed by atoms with Gasteiger partial charge in [-0.2, -0.15) is 0 Å². The molecule has 1 spiro atoms. The average Bonchev–Trinajstić information content (AvgIpc) is 3.50. The Morgan fingerprint density at radius 3 is 2.61 bits per heavy atom. The highest BCUT2D eigenvalue weighted by atomic mass is 16.2. The van der Waals surface area contributed by atoms with E-state index in [9.17, 15) is 9.59 Å². The van der Waals surface area contributed by atoms with Gasteiger partial charge in [-0.25, -0.2) is 4.98 Å². The third kappa shape index (κ3) is 2.32. The minimum atomic E-state index is -1.03. The highest BCUT2D eigenvalue weighted by Gasteiger charge is 2.56. The Balaban J connectivity index is 1.61. The summed E-state index contributed by atoms with van der Waals surface area (Å²) in [6.45, 7) is 0. The molecule has 1 amide bonds. The molecule has 0 bridgehead atoms. The maximum Gasteiger partial charge on any atom is 0.245 e. The third-order valence-electron chi connectivity index (χ3n) is 7.32. The van der Waals surface area contributed by atoms with Gasteiger partial charge >= 0.3 is 0 Å². The molecule has 0 unspecified atom stereocenters. The van der Waals surface area contributed by atoms with Gasteiger partial charge in [-0.05, 0) is 61.4 Å². The van der Waals surface area contributed by atoms with Crippen molar-refractivity contribution in [3.63, 3.8) is 0 Å². The summed E-state index contributed by atoms with van der Waals surface area (Å²) in [5, 5.41) is 2.63. The lowest BCUT2D eigenvalue weighted by molar-refractivity contribution is -0.125. The number of pyridine rings is 2. The van der Waals surface area contributed by atoms with Gasteiger partial charge in [0, 0.05) is 34.1 Å². The fourth-order valence-corrected chi connectivity index (χ4v) is 5.74. The highest BCUT2D eigenvalue weighted by molar-refractivity contribution is 6.32. The number of carbonyl (C=O) groups is 2. The molecule has 7 rings (SSSR count). The van der Waals surface area contributed by atoms with E-state index in [1.807, 2.05) is 60.8 Å². The molecular formula is C27H20N4O2. The number of benzene rings is 2. The summed E-state index contributed by atoms with van der Waals surface area (Å²) in [7, 11) is 0. The Bertz CT molecular complexity index is 1620. The Kier molecular flexibility index (Phi) is 3.63. The van der Waals surface area contributed by atoms with Crippen molar-refractivity contribution in [2.75, 3.05) is 4.90 Å². The Hall–Kier alpha value is -4.06. The summed E-state index contributed by atoms with van der Waals surface area (Å²) in [5.74, 6) is -0.262. The third-order valence-corrected chi connectivity index (χ3v) is 7.32. The van der Waals surface area contributed by atoms with Gasteiger partial charge in [-0.3, -0.25) is 19.5 Å². The first-order chi connectivity index (χ1) is 16.2. The molecule has 1 fully saturated rings. The number of amides is 1. The fourth-order valence-electron chi connectivity index (χ4n) is 5.74. The van der Waals surface area contributed by atoms with Crippen LogP contribution in [-0.4, -0.2) is 26.6 Å². The van der Waals surface area contributed by atoms with Crippen LogP contribution in [0.5, 0.6) is 0 Å². The topological polar surface area (TPSA) is 79.0 Å². The monoisotopic (exact) mass is 432 g/mol. The Morgan fingerprint density at radius 1 is 0.879 bits per heavy atom. The number of ketones is 1. The molecule has 2 aliphatic rings. The summed E-state index contributed by atoms with van der Waals surface area (Å²) < 4.78 is 0. The van der Waals surface area contributed by atoms with Crippen LogP contribution in [0.1, 0.15) is 36.2 Å². The molecule has 3 aromatic heterocycles. The minimum absolute atomic E-state index is 0.126.